The second-order valence-corrected chi connectivity index (χ2v) is 20.5. The second-order valence-electron chi connectivity index (χ2n) is 20.5. The summed E-state index contributed by atoms with van der Waals surface area (Å²) in [5.74, 6) is -4.65. The van der Waals surface area contributed by atoms with Crippen molar-refractivity contribution in [1.29, 1.82) is 0 Å². The van der Waals surface area contributed by atoms with Gasteiger partial charge in [-0.1, -0.05) is 138 Å². The number of unbranched alkanes of at least 4 members (excludes halogenated alkanes) is 14. The van der Waals surface area contributed by atoms with Gasteiger partial charge in [0.15, 0.2) is 12.4 Å². The number of ether oxygens (including phenoxy) is 8. The van der Waals surface area contributed by atoms with Crippen molar-refractivity contribution in [3.63, 3.8) is 0 Å². The fourth-order valence-corrected chi connectivity index (χ4v) is 9.03. The summed E-state index contributed by atoms with van der Waals surface area (Å²) >= 11 is 0. The van der Waals surface area contributed by atoms with Gasteiger partial charge in [0.25, 0.3) is 0 Å². The maximum absolute atomic E-state index is 13.5. The Morgan fingerprint density at radius 2 is 1.40 bits per heavy atom. The summed E-state index contributed by atoms with van der Waals surface area (Å²) in [7, 11) is 1.21. The molecule has 3 aliphatic rings. The van der Waals surface area contributed by atoms with Crippen LogP contribution in [-0.4, -0.2) is 121 Å². The number of methoxy groups -OCH3 is 1. The zero-order valence-electron chi connectivity index (χ0n) is 42.8. The lowest BCUT2D eigenvalue weighted by atomic mass is 9.74. The topological polar surface area (TPSA) is 203 Å². The Morgan fingerprint density at radius 1 is 0.809 bits per heavy atom. The van der Waals surface area contributed by atoms with Crippen molar-refractivity contribution >= 4 is 23.9 Å². The van der Waals surface area contributed by atoms with Crippen molar-refractivity contribution in [2.75, 3.05) is 33.5 Å². The van der Waals surface area contributed by atoms with Crippen molar-refractivity contribution in [1.82, 2.24) is 0 Å². The molecule has 68 heavy (non-hydrogen) atoms. The molecular weight excluding hydrogens is 877 g/mol. The fraction of sp³-hybridized carbons (Fsp3) is 0.849. The number of hydrogen-bond donors (Lipinski definition) is 3. The van der Waals surface area contributed by atoms with E-state index in [1.807, 2.05) is 13.8 Å². The molecule has 3 N–H and O–H groups in total. The van der Waals surface area contributed by atoms with E-state index >= 15 is 0 Å². The standard InChI is InChI=1S/C53H90O15/c1-8-10-12-14-15-16-17-18-19-21-22-24-45(56)64-38-51(3,4)44-36-41-28-31-63-49(66-41)26-29-52(5,6)53(60)50(67-46(57)25-23-20-13-11-9-2)39(33-47(58)61-7)32-42(68-53)35-43(37-54)65-48(59)34-40(55)27-30-62-44/h26,29,33,40-44,49-50,54-55,60H,8-25,27-28,30-32,34-38H2,1-7H3/b29-26+,39-33+/t40-,41+,42+,43-,44+,49+,50+,53-/m1/s1. The summed E-state index contributed by atoms with van der Waals surface area (Å²) in [5, 5.41) is 34.2. The van der Waals surface area contributed by atoms with Gasteiger partial charge in [0.05, 0.1) is 57.8 Å². The van der Waals surface area contributed by atoms with Crippen molar-refractivity contribution in [2.45, 2.75) is 244 Å². The van der Waals surface area contributed by atoms with Crippen LogP contribution in [0.1, 0.15) is 196 Å². The molecule has 3 aliphatic heterocycles. The van der Waals surface area contributed by atoms with Crippen LogP contribution in [0.3, 0.4) is 0 Å². The second kappa shape index (κ2) is 31.4. The average Bonchev–Trinajstić information content (AvgIpc) is 3.29. The van der Waals surface area contributed by atoms with Gasteiger partial charge in [0.2, 0.25) is 5.79 Å². The molecule has 0 aromatic carbocycles. The van der Waals surface area contributed by atoms with Gasteiger partial charge >= 0.3 is 23.9 Å². The van der Waals surface area contributed by atoms with Gasteiger partial charge in [-0.15, -0.1) is 0 Å². The summed E-state index contributed by atoms with van der Waals surface area (Å²) in [6.07, 6.45) is 16.6. The Labute approximate surface area is 407 Å². The van der Waals surface area contributed by atoms with E-state index in [9.17, 15) is 34.5 Å². The van der Waals surface area contributed by atoms with E-state index in [2.05, 4.69) is 13.8 Å². The molecule has 2 fully saturated rings. The van der Waals surface area contributed by atoms with Crippen LogP contribution in [0.25, 0.3) is 0 Å². The summed E-state index contributed by atoms with van der Waals surface area (Å²) in [6, 6.07) is 0. The first-order valence-corrected chi connectivity index (χ1v) is 26.1. The van der Waals surface area contributed by atoms with Crippen LogP contribution in [0.2, 0.25) is 0 Å². The number of rotatable bonds is 24. The number of cyclic esters (lactones) is 1. The van der Waals surface area contributed by atoms with Crippen LogP contribution in [0.4, 0.5) is 0 Å². The van der Waals surface area contributed by atoms with Crippen LogP contribution < -0.4 is 0 Å². The molecule has 4 bridgehead atoms. The number of carbonyl (C=O) groups excluding carboxylic acids is 4. The molecule has 15 nitrogen and oxygen atoms in total. The molecule has 15 heteroatoms. The largest absolute Gasteiger partial charge is 0.466 e. The minimum atomic E-state index is -2.31. The molecule has 392 valence electrons. The highest BCUT2D eigenvalue weighted by Crippen LogP contribution is 2.47. The molecule has 8 atom stereocenters. The van der Waals surface area contributed by atoms with Crippen molar-refractivity contribution in [3.8, 4) is 0 Å². The van der Waals surface area contributed by atoms with Gasteiger partial charge in [0.1, 0.15) is 6.10 Å². The van der Waals surface area contributed by atoms with Crippen molar-refractivity contribution in [3.05, 3.63) is 23.8 Å². The first-order chi connectivity index (χ1) is 32.5. The van der Waals surface area contributed by atoms with Crippen molar-refractivity contribution < 1.29 is 72.4 Å². The van der Waals surface area contributed by atoms with Crippen molar-refractivity contribution in [2.24, 2.45) is 10.8 Å². The minimum Gasteiger partial charge on any atom is -0.466 e. The van der Waals surface area contributed by atoms with Gasteiger partial charge in [-0.2, -0.15) is 0 Å². The van der Waals surface area contributed by atoms with Gasteiger partial charge in [-0.3, -0.25) is 14.4 Å². The summed E-state index contributed by atoms with van der Waals surface area (Å²) in [6.45, 7) is 11.6. The minimum absolute atomic E-state index is 0.0354. The van der Waals surface area contributed by atoms with Crippen LogP contribution in [0.15, 0.2) is 23.8 Å². The third-order valence-electron chi connectivity index (χ3n) is 13.5. The van der Waals surface area contributed by atoms with E-state index in [4.69, 9.17) is 37.9 Å². The predicted octanol–water partition coefficient (Wildman–Crippen LogP) is 9.04. The Bertz CT molecular complexity index is 1540. The first-order valence-electron chi connectivity index (χ1n) is 26.1. The SMILES string of the molecule is CCCCCCCCCCCCCC(=O)OCC(C)(C)[C@@H]1C[C@@H]2CCO[C@H](/C=C/C(C)(C)[C@]3(O)O[C@@H](C/C(=C\C(=O)OC)[C@@H]3OC(=O)CCCCCCC)C[C@H](CO)OC(=O)C[C@H](O)CCO1)O2. The molecule has 0 aromatic heterocycles. The number of hydrogen-bond acceptors (Lipinski definition) is 15. The van der Waals surface area contributed by atoms with E-state index < -0.39 is 77.9 Å². The lowest BCUT2D eigenvalue weighted by Gasteiger charge is -2.51. The molecule has 2 saturated heterocycles. The monoisotopic (exact) mass is 967 g/mol. The zero-order chi connectivity index (χ0) is 50.0. The number of carbonyl (C=O) groups is 4. The summed E-state index contributed by atoms with van der Waals surface area (Å²) in [4.78, 5) is 52.4. The third kappa shape index (κ3) is 21.2. The Hall–Kier alpha value is -2.92. The highest BCUT2D eigenvalue weighted by Gasteiger charge is 2.57. The third-order valence-corrected chi connectivity index (χ3v) is 13.5. The average molecular weight is 967 g/mol. The lowest BCUT2D eigenvalue weighted by Crippen LogP contribution is -2.62. The Kier molecular flexibility index (Phi) is 27.4. The zero-order valence-corrected chi connectivity index (χ0v) is 42.8. The van der Waals surface area contributed by atoms with Gasteiger partial charge in [-0.05, 0) is 43.8 Å². The summed E-state index contributed by atoms with van der Waals surface area (Å²) in [5.41, 5.74) is -1.82. The number of fused-ring (bicyclic) bond motifs is 4. The fourth-order valence-electron chi connectivity index (χ4n) is 9.03. The maximum Gasteiger partial charge on any atom is 0.330 e. The smallest absolute Gasteiger partial charge is 0.330 e. The van der Waals surface area contributed by atoms with Gasteiger partial charge in [-0.25, -0.2) is 4.79 Å². The van der Waals surface area contributed by atoms with Gasteiger partial charge < -0.3 is 53.2 Å². The van der Waals surface area contributed by atoms with E-state index in [-0.39, 0.29) is 63.0 Å². The van der Waals surface area contributed by atoms with E-state index in [0.717, 1.165) is 44.9 Å². The molecule has 0 radical (unpaired) electrons. The molecular formula is C53H90O15. The Balaban J connectivity index is 1.83. The Morgan fingerprint density at radius 3 is 2.00 bits per heavy atom. The molecule has 0 saturated carbocycles. The highest BCUT2D eigenvalue weighted by atomic mass is 16.7. The van der Waals surface area contributed by atoms with Crippen LogP contribution in [0, 0.1) is 10.8 Å². The van der Waals surface area contributed by atoms with Crippen LogP contribution in [-0.2, 0) is 57.1 Å². The van der Waals surface area contributed by atoms with E-state index in [1.165, 1.54) is 64.6 Å². The van der Waals surface area contributed by atoms with Crippen LogP contribution in [0.5, 0.6) is 0 Å². The molecule has 0 unspecified atom stereocenters. The molecule has 3 rings (SSSR count). The number of aliphatic hydroxyl groups excluding tert-OH is 2. The molecule has 0 aliphatic carbocycles. The quantitative estimate of drug-likeness (QED) is 0.0272. The van der Waals surface area contributed by atoms with E-state index in [0.29, 0.717) is 32.3 Å². The first kappa shape index (κ1) is 59.4. The molecule has 0 amide bonds. The normalized spacial score (nSPS) is 28.5. The molecule has 0 aromatic rings. The molecule has 3 heterocycles. The highest BCUT2D eigenvalue weighted by molar-refractivity contribution is 5.83. The maximum atomic E-state index is 13.5. The lowest BCUT2D eigenvalue weighted by molar-refractivity contribution is -0.327. The predicted molar refractivity (Wildman–Crippen MR) is 257 cm³/mol. The number of esters is 4. The summed E-state index contributed by atoms with van der Waals surface area (Å²) < 4.78 is 47.9. The van der Waals surface area contributed by atoms with Gasteiger partial charge in [0, 0.05) is 49.2 Å². The van der Waals surface area contributed by atoms with Crippen LogP contribution >= 0.6 is 0 Å². The number of aliphatic hydroxyl groups is 3. The molecule has 0 spiro atoms. The van der Waals surface area contributed by atoms with E-state index in [1.54, 1.807) is 26.0 Å².